The quantitative estimate of drug-likeness (QED) is 0.188. The van der Waals surface area contributed by atoms with Crippen molar-refractivity contribution in [3.05, 3.63) is 193 Å². The predicted molar refractivity (Wildman–Crippen MR) is 211 cm³/mol. The van der Waals surface area contributed by atoms with Crippen LogP contribution in [0.4, 0.5) is 0 Å². The maximum absolute atomic E-state index is 6.46. The lowest BCUT2D eigenvalue weighted by Gasteiger charge is -2.23. The van der Waals surface area contributed by atoms with Crippen LogP contribution in [0.1, 0.15) is 22.9 Å². The van der Waals surface area contributed by atoms with E-state index in [0.29, 0.717) is 0 Å². The highest BCUT2D eigenvalue weighted by molar-refractivity contribution is 6.23. The highest BCUT2D eigenvalue weighted by Gasteiger charge is 2.24. The van der Waals surface area contributed by atoms with E-state index in [4.69, 9.17) is 14.4 Å². The van der Waals surface area contributed by atoms with Crippen molar-refractivity contribution in [1.29, 1.82) is 0 Å². The molecule has 51 heavy (non-hydrogen) atoms. The molecule has 0 saturated heterocycles. The monoisotopic (exact) mass is 653 g/mol. The van der Waals surface area contributed by atoms with Crippen LogP contribution in [0.25, 0.3) is 65.7 Å². The molecule has 1 atom stereocenters. The van der Waals surface area contributed by atoms with Gasteiger partial charge in [0, 0.05) is 21.9 Å². The van der Waals surface area contributed by atoms with Crippen LogP contribution in [-0.4, -0.2) is 11.7 Å². The molecule has 2 heterocycles. The maximum atomic E-state index is 6.46. The zero-order chi connectivity index (χ0) is 33.7. The summed E-state index contributed by atoms with van der Waals surface area (Å²) in [6, 6.07) is 61.7. The minimum Gasteiger partial charge on any atom is -0.456 e. The molecule has 1 N–H and O–H groups in total. The molecule has 240 valence electrons. The Morgan fingerprint density at radius 1 is 0.412 bits per heavy atom. The van der Waals surface area contributed by atoms with Crippen LogP contribution in [-0.2, 0) is 0 Å². The molecule has 0 radical (unpaired) electrons. The van der Waals surface area contributed by atoms with Gasteiger partial charge in [-0.05, 0) is 79.7 Å². The number of aliphatic imine (C=N–C) groups is 2. The van der Waals surface area contributed by atoms with E-state index in [1.165, 1.54) is 32.7 Å². The first-order valence-corrected chi connectivity index (χ1v) is 17.3. The molecular weight excluding hydrogens is 623 g/mol. The van der Waals surface area contributed by atoms with Gasteiger partial charge in [-0.2, -0.15) is 0 Å². The van der Waals surface area contributed by atoms with Crippen LogP contribution in [0.2, 0.25) is 0 Å². The van der Waals surface area contributed by atoms with E-state index >= 15 is 0 Å². The van der Waals surface area contributed by atoms with Gasteiger partial charge in [0.15, 0.2) is 6.17 Å². The molecule has 0 saturated carbocycles. The summed E-state index contributed by atoms with van der Waals surface area (Å²) in [6.07, 6.45) is -0.433. The molecule has 0 fully saturated rings. The van der Waals surface area contributed by atoms with Crippen molar-refractivity contribution in [1.82, 2.24) is 5.32 Å². The molecule has 0 bridgehead atoms. The first-order chi connectivity index (χ1) is 25.2. The Morgan fingerprint density at radius 2 is 1.08 bits per heavy atom. The summed E-state index contributed by atoms with van der Waals surface area (Å²) in [7, 11) is 0. The Kier molecular flexibility index (Phi) is 6.85. The minimum absolute atomic E-state index is 0.433. The van der Waals surface area contributed by atoms with Gasteiger partial charge in [0.2, 0.25) is 0 Å². The third kappa shape index (κ3) is 5.17. The molecule has 8 aromatic carbocycles. The molecule has 1 aromatic heterocycles. The number of rotatable bonds is 5. The predicted octanol–water partition coefficient (Wildman–Crippen LogP) is 11.7. The lowest BCUT2D eigenvalue weighted by molar-refractivity contribution is 0.669. The fourth-order valence-electron chi connectivity index (χ4n) is 7.38. The van der Waals surface area contributed by atoms with Crippen molar-refractivity contribution in [3.63, 3.8) is 0 Å². The number of fused-ring (bicyclic) bond motifs is 6. The van der Waals surface area contributed by atoms with Crippen LogP contribution < -0.4 is 5.32 Å². The Morgan fingerprint density at radius 3 is 1.94 bits per heavy atom. The second-order valence-corrected chi connectivity index (χ2v) is 13.0. The van der Waals surface area contributed by atoms with Crippen molar-refractivity contribution >= 4 is 55.2 Å². The molecular formula is C47H31N3O. The summed E-state index contributed by atoms with van der Waals surface area (Å²) in [4.78, 5) is 10.5. The second-order valence-electron chi connectivity index (χ2n) is 13.0. The molecule has 0 spiro atoms. The standard InChI is InChI=1S/C47H31N3O/c1-3-11-30(12-4-1)33-16-9-17-34(27-33)35-24-26-42-41(29-35)44-40(19-10-20-43(44)51-42)47-49-45(32-14-5-2-6-15-32)48-46(50-47)37-23-25-39-36(28-37)22-21-31-13-7-8-18-38(31)39/h1-29,46H,(H,48,49,50). The van der Waals surface area contributed by atoms with Crippen LogP contribution >= 0.6 is 0 Å². The van der Waals surface area contributed by atoms with Crippen LogP contribution in [0.3, 0.4) is 0 Å². The average Bonchev–Trinajstić information content (AvgIpc) is 3.59. The molecule has 1 unspecified atom stereocenters. The number of amidine groups is 2. The van der Waals surface area contributed by atoms with E-state index in [2.05, 4.69) is 151 Å². The molecule has 0 aliphatic carbocycles. The second kappa shape index (κ2) is 12.0. The van der Waals surface area contributed by atoms with Crippen molar-refractivity contribution in [2.24, 2.45) is 9.98 Å². The Hall–Kier alpha value is -6.78. The van der Waals surface area contributed by atoms with Gasteiger partial charge in [0.1, 0.15) is 22.8 Å². The Bertz CT molecular complexity index is 2830. The topological polar surface area (TPSA) is 49.9 Å². The van der Waals surface area contributed by atoms with Gasteiger partial charge in [-0.25, -0.2) is 9.98 Å². The summed E-state index contributed by atoms with van der Waals surface area (Å²) in [5.41, 5.74) is 9.34. The third-order valence-corrected chi connectivity index (χ3v) is 9.91. The van der Waals surface area contributed by atoms with Gasteiger partial charge >= 0.3 is 0 Å². The van der Waals surface area contributed by atoms with Gasteiger partial charge in [-0.3, -0.25) is 0 Å². The number of hydrogen-bond acceptors (Lipinski definition) is 4. The fourth-order valence-corrected chi connectivity index (χ4v) is 7.38. The van der Waals surface area contributed by atoms with E-state index in [-0.39, 0.29) is 0 Å². The average molecular weight is 654 g/mol. The third-order valence-electron chi connectivity index (χ3n) is 9.91. The number of nitrogens with one attached hydrogen (secondary N) is 1. The zero-order valence-electron chi connectivity index (χ0n) is 27.6. The largest absolute Gasteiger partial charge is 0.456 e. The molecule has 1 aliphatic rings. The summed E-state index contributed by atoms with van der Waals surface area (Å²) in [5, 5.41) is 10.6. The highest BCUT2D eigenvalue weighted by Crippen LogP contribution is 2.37. The van der Waals surface area contributed by atoms with Crippen LogP contribution in [0, 0.1) is 0 Å². The van der Waals surface area contributed by atoms with Gasteiger partial charge in [-0.15, -0.1) is 0 Å². The van der Waals surface area contributed by atoms with Crippen molar-refractivity contribution in [3.8, 4) is 22.3 Å². The highest BCUT2D eigenvalue weighted by atomic mass is 16.3. The number of hydrogen-bond donors (Lipinski definition) is 1. The zero-order valence-corrected chi connectivity index (χ0v) is 27.6. The van der Waals surface area contributed by atoms with Gasteiger partial charge in [-0.1, -0.05) is 146 Å². The molecule has 4 nitrogen and oxygen atoms in total. The van der Waals surface area contributed by atoms with Crippen molar-refractivity contribution < 1.29 is 4.42 Å². The summed E-state index contributed by atoms with van der Waals surface area (Å²) in [6.45, 7) is 0. The van der Waals surface area contributed by atoms with Gasteiger partial charge in [0.05, 0.1) is 0 Å². The van der Waals surface area contributed by atoms with Crippen LogP contribution in [0.5, 0.6) is 0 Å². The van der Waals surface area contributed by atoms with E-state index in [1.54, 1.807) is 0 Å². The van der Waals surface area contributed by atoms with Crippen molar-refractivity contribution in [2.75, 3.05) is 0 Å². The molecule has 0 amide bonds. The SMILES string of the molecule is c1ccc(C2=NC(c3ccc4c(ccc5ccccc54)c3)N=C(c3cccc4oc5ccc(-c6cccc(-c7ccccc7)c6)cc5c34)N2)cc1. The van der Waals surface area contributed by atoms with Gasteiger partial charge in [0.25, 0.3) is 0 Å². The molecule has 10 rings (SSSR count). The normalized spacial score (nSPS) is 14.5. The molecule has 4 heteroatoms. The van der Waals surface area contributed by atoms with Crippen molar-refractivity contribution in [2.45, 2.75) is 6.17 Å². The van der Waals surface area contributed by atoms with Crippen LogP contribution in [0.15, 0.2) is 190 Å². The van der Waals surface area contributed by atoms with E-state index < -0.39 is 6.17 Å². The first kappa shape index (κ1) is 29.2. The maximum Gasteiger partial charge on any atom is 0.169 e. The number of furan rings is 1. The fraction of sp³-hybridized carbons (Fsp3) is 0.0213. The van der Waals surface area contributed by atoms with E-state index in [1.807, 2.05) is 30.3 Å². The Labute approximate surface area is 295 Å². The number of nitrogens with zero attached hydrogens (tertiary/aromatic N) is 2. The Balaban J connectivity index is 1.11. The smallest absolute Gasteiger partial charge is 0.169 e. The first-order valence-electron chi connectivity index (χ1n) is 17.3. The summed E-state index contributed by atoms with van der Waals surface area (Å²) in [5.74, 6) is 1.55. The number of benzene rings is 8. The van der Waals surface area contributed by atoms with E-state index in [9.17, 15) is 0 Å². The minimum atomic E-state index is -0.433. The lowest BCUT2D eigenvalue weighted by atomic mass is 9.97. The molecule has 1 aliphatic heterocycles. The lowest BCUT2D eigenvalue weighted by Crippen LogP contribution is -2.36. The summed E-state index contributed by atoms with van der Waals surface area (Å²) >= 11 is 0. The van der Waals surface area contributed by atoms with Gasteiger partial charge < -0.3 is 9.73 Å². The molecule has 9 aromatic rings. The summed E-state index contributed by atoms with van der Waals surface area (Å²) < 4.78 is 6.46. The van der Waals surface area contributed by atoms with E-state index in [0.717, 1.165) is 61.4 Å².